The molecule has 0 bridgehead atoms. The third-order valence-corrected chi connectivity index (χ3v) is 5.39. The van der Waals surface area contributed by atoms with Gasteiger partial charge in [-0.1, -0.05) is 6.07 Å². The number of aromatic nitrogens is 1. The summed E-state index contributed by atoms with van der Waals surface area (Å²) in [7, 11) is 0. The number of hydrogen-bond acceptors (Lipinski definition) is 3. The molecule has 0 atom stereocenters. The number of thiazole rings is 1. The van der Waals surface area contributed by atoms with Crippen molar-refractivity contribution in [3.63, 3.8) is 0 Å². The van der Waals surface area contributed by atoms with E-state index in [4.69, 9.17) is 10.7 Å². The van der Waals surface area contributed by atoms with Gasteiger partial charge in [0.15, 0.2) is 0 Å². The van der Waals surface area contributed by atoms with Crippen molar-refractivity contribution in [1.82, 2.24) is 4.98 Å². The summed E-state index contributed by atoms with van der Waals surface area (Å²) in [5, 5.41) is 1.34. The summed E-state index contributed by atoms with van der Waals surface area (Å²) in [4.78, 5) is 4.79. The van der Waals surface area contributed by atoms with E-state index in [0.29, 0.717) is 0 Å². The first-order chi connectivity index (χ1) is 8.31. The summed E-state index contributed by atoms with van der Waals surface area (Å²) < 4.78 is 1.34. The van der Waals surface area contributed by atoms with Crippen molar-refractivity contribution in [2.75, 3.05) is 6.54 Å². The zero-order valence-corrected chi connectivity index (χ0v) is 10.6. The molecule has 1 aromatic heterocycles. The molecule has 0 spiro atoms. The molecule has 17 heavy (non-hydrogen) atoms. The van der Waals surface area contributed by atoms with Crippen LogP contribution in [0.2, 0.25) is 0 Å². The Kier molecular flexibility index (Phi) is 1.95. The first-order valence-corrected chi connectivity index (χ1v) is 7.23. The Morgan fingerprint density at radius 1 is 1.35 bits per heavy atom. The number of benzene rings is 1. The van der Waals surface area contributed by atoms with Gasteiger partial charge >= 0.3 is 0 Å². The number of nitrogens with zero attached hydrogens (tertiary/aromatic N) is 1. The molecule has 0 unspecified atom stereocenters. The predicted octanol–water partition coefficient (Wildman–Crippen LogP) is 3.16. The maximum Gasteiger partial charge on any atom is 0.0969 e. The van der Waals surface area contributed by atoms with E-state index in [0.717, 1.165) is 12.5 Å². The number of nitrogens with two attached hydrogens (primary N) is 1. The number of hydrogen-bond donors (Lipinski definition) is 1. The summed E-state index contributed by atoms with van der Waals surface area (Å²) in [6, 6.07) is 6.78. The lowest BCUT2D eigenvalue weighted by Gasteiger charge is -2.11. The second-order valence-electron chi connectivity index (χ2n) is 5.49. The first kappa shape index (κ1) is 10.0. The Balaban J connectivity index is 1.80. The Labute approximate surface area is 105 Å². The average Bonchev–Trinajstić information content (AvgIpc) is 3.25. The molecule has 1 aromatic carbocycles. The van der Waals surface area contributed by atoms with Crippen LogP contribution in [0.1, 0.15) is 42.2 Å². The molecule has 2 aliphatic rings. The van der Waals surface area contributed by atoms with Crippen LogP contribution in [0.5, 0.6) is 0 Å². The van der Waals surface area contributed by atoms with Crippen LogP contribution in [0.4, 0.5) is 0 Å². The lowest BCUT2D eigenvalue weighted by Crippen LogP contribution is -2.19. The molecule has 0 radical (unpaired) electrons. The van der Waals surface area contributed by atoms with Gasteiger partial charge in [0.2, 0.25) is 0 Å². The third kappa shape index (κ3) is 1.53. The molecule has 1 heterocycles. The Bertz CT molecular complexity index is 579. The monoisotopic (exact) mass is 244 g/mol. The highest BCUT2D eigenvalue weighted by Crippen LogP contribution is 2.48. The van der Waals surface area contributed by atoms with Crippen molar-refractivity contribution in [3.8, 4) is 0 Å². The minimum atomic E-state index is 0.289. The molecule has 2 N–H and O–H groups in total. The third-order valence-electron chi connectivity index (χ3n) is 4.19. The predicted molar refractivity (Wildman–Crippen MR) is 71.6 cm³/mol. The quantitative estimate of drug-likeness (QED) is 0.900. The molecular weight excluding hydrogens is 228 g/mol. The van der Waals surface area contributed by atoms with Gasteiger partial charge in [-0.05, 0) is 43.4 Å². The van der Waals surface area contributed by atoms with Crippen LogP contribution in [-0.2, 0) is 5.41 Å². The van der Waals surface area contributed by atoms with Gasteiger partial charge in [-0.15, -0.1) is 11.3 Å². The molecule has 3 heteroatoms. The number of rotatable bonds is 3. The molecule has 2 aliphatic carbocycles. The van der Waals surface area contributed by atoms with Gasteiger partial charge in [0, 0.05) is 17.9 Å². The smallest absolute Gasteiger partial charge is 0.0969 e. The summed E-state index contributed by atoms with van der Waals surface area (Å²) in [6.07, 6.45) is 5.15. The van der Waals surface area contributed by atoms with Crippen LogP contribution in [0, 0.1) is 0 Å². The standard InChI is InChI=1S/C14H16N2S/c15-8-14(5-6-14)10-3-4-12-11(7-10)16-13(17-12)9-1-2-9/h3-4,7,9H,1-2,5-6,8,15H2. The lowest BCUT2D eigenvalue weighted by atomic mass is 9.96. The summed E-state index contributed by atoms with van der Waals surface area (Å²) in [5.41, 5.74) is 8.77. The molecule has 0 amide bonds. The van der Waals surface area contributed by atoms with Crippen molar-refractivity contribution in [3.05, 3.63) is 28.8 Å². The van der Waals surface area contributed by atoms with Gasteiger partial charge in [-0.25, -0.2) is 4.98 Å². The Hall–Kier alpha value is -0.930. The van der Waals surface area contributed by atoms with Crippen molar-refractivity contribution in [2.24, 2.45) is 5.73 Å². The van der Waals surface area contributed by atoms with Crippen LogP contribution in [0.15, 0.2) is 18.2 Å². The van der Waals surface area contributed by atoms with E-state index in [1.54, 1.807) is 0 Å². The molecule has 2 fully saturated rings. The van der Waals surface area contributed by atoms with E-state index < -0.39 is 0 Å². The molecule has 0 saturated heterocycles. The van der Waals surface area contributed by atoms with Gasteiger partial charge in [-0.3, -0.25) is 0 Å². The van der Waals surface area contributed by atoms with Crippen molar-refractivity contribution in [1.29, 1.82) is 0 Å². The summed E-state index contributed by atoms with van der Waals surface area (Å²) in [6.45, 7) is 0.776. The minimum absolute atomic E-state index is 0.289. The Morgan fingerprint density at radius 2 is 2.18 bits per heavy atom. The maximum atomic E-state index is 5.89. The van der Waals surface area contributed by atoms with Crippen LogP contribution in [-0.4, -0.2) is 11.5 Å². The van der Waals surface area contributed by atoms with E-state index in [2.05, 4.69) is 18.2 Å². The first-order valence-electron chi connectivity index (χ1n) is 6.42. The lowest BCUT2D eigenvalue weighted by molar-refractivity contribution is 0.706. The SMILES string of the molecule is NCC1(c2ccc3sc(C4CC4)nc3c2)CC1. The van der Waals surface area contributed by atoms with E-state index >= 15 is 0 Å². The second-order valence-corrected chi connectivity index (χ2v) is 6.56. The molecule has 88 valence electrons. The van der Waals surface area contributed by atoms with Crippen molar-refractivity contribution >= 4 is 21.6 Å². The molecular formula is C14H16N2S. The summed E-state index contributed by atoms with van der Waals surface area (Å²) >= 11 is 1.87. The number of fused-ring (bicyclic) bond motifs is 1. The molecule has 0 aliphatic heterocycles. The summed E-state index contributed by atoms with van der Waals surface area (Å²) in [5.74, 6) is 0.764. The molecule has 2 nitrogen and oxygen atoms in total. The van der Waals surface area contributed by atoms with Crippen LogP contribution >= 0.6 is 11.3 Å². The largest absolute Gasteiger partial charge is 0.330 e. The van der Waals surface area contributed by atoms with Crippen molar-refractivity contribution < 1.29 is 0 Å². The zero-order chi connectivity index (χ0) is 11.5. The van der Waals surface area contributed by atoms with Crippen LogP contribution < -0.4 is 5.73 Å². The van der Waals surface area contributed by atoms with E-state index in [-0.39, 0.29) is 5.41 Å². The zero-order valence-electron chi connectivity index (χ0n) is 9.78. The highest BCUT2D eigenvalue weighted by molar-refractivity contribution is 7.18. The minimum Gasteiger partial charge on any atom is -0.330 e. The van der Waals surface area contributed by atoms with Crippen LogP contribution in [0.3, 0.4) is 0 Å². The second kappa shape index (κ2) is 3.30. The Morgan fingerprint density at radius 3 is 2.82 bits per heavy atom. The van der Waals surface area contributed by atoms with Gasteiger partial charge in [0.1, 0.15) is 0 Å². The fourth-order valence-corrected chi connectivity index (χ4v) is 3.66. The maximum absolute atomic E-state index is 5.89. The van der Waals surface area contributed by atoms with Crippen LogP contribution in [0.25, 0.3) is 10.2 Å². The topological polar surface area (TPSA) is 38.9 Å². The highest BCUT2D eigenvalue weighted by atomic mass is 32.1. The van der Waals surface area contributed by atoms with E-state index in [1.165, 1.54) is 46.5 Å². The molecule has 2 saturated carbocycles. The van der Waals surface area contributed by atoms with Gasteiger partial charge in [-0.2, -0.15) is 0 Å². The fraction of sp³-hybridized carbons (Fsp3) is 0.500. The van der Waals surface area contributed by atoms with Gasteiger partial charge in [0.25, 0.3) is 0 Å². The average molecular weight is 244 g/mol. The van der Waals surface area contributed by atoms with Crippen molar-refractivity contribution in [2.45, 2.75) is 37.0 Å². The molecule has 4 rings (SSSR count). The fourth-order valence-electron chi connectivity index (χ4n) is 2.54. The molecule has 2 aromatic rings. The van der Waals surface area contributed by atoms with Gasteiger partial charge in [0.05, 0.1) is 15.2 Å². The normalized spacial score (nSPS) is 21.9. The highest BCUT2D eigenvalue weighted by Gasteiger charge is 2.43. The van der Waals surface area contributed by atoms with E-state index in [9.17, 15) is 0 Å². The van der Waals surface area contributed by atoms with Gasteiger partial charge < -0.3 is 5.73 Å². The van der Waals surface area contributed by atoms with E-state index in [1.807, 2.05) is 11.3 Å².